The van der Waals surface area contributed by atoms with Gasteiger partial charge in [-0.2, -0.15) is 0 Å². The highest BCUT2D eigenvalue weighted by molar-refractivity contribution is 6.30. The topological polar surface area (TPSA) is 182 Å². The third-order valence-electron chi connectivity index (χ3n) is 4.92. The molecule has 13 heteroatoms. The van der Waals surface area contributed by atoms with Crippen LogP contribution in [0.25, 0.3) is 0 Å². The largest absolute Gasteiger partial charge is 0.497 e. The Labute approximate surface area is 234 Å². The first-order valence-corrected chi connectivity index (χ1v) is 11.7. The molecule has 12 nitrogen and oxygen atoms in total. The molecule has 2 aromatic carbocycles. The highest BCUT2D eigenvalue weighted by Gasteiger charge is 2.17. The summed E-state index contributed by atoms with van der Waals surface area (Å²) in [6.45, 7) is 0. The fourth-order valence-corrected chi connectivity index (χ4v) is 3.07. The van der Waals surface area contributed by atoms with Crippen LogP contribution < -0.4 is 15.4 Å². The fourth-order valence-electron chi connectivity index (χ4n) is 2.96. The van der Waals surface area contributed by atoms with Gasteiger partial charge in [0.2, 0.25) is 0 Å². The molecule has 3 rings (SSSR count). The number of halogens is 1. The van der Waals surface area contributed by atoms with Crippen molar-refractivity contribution >= 4 is 52.7 Å². The fraction of sp³-hybridized carbons (Fsp3) is 0.111. The Morgan fingerprint density at radius 3 is 2.00 bits per heavy atom. The second-order valence-electron chi connectivity index (χ2n) is 8.01. The summed E-state index contributed by atoms with van der Waals surface area (Å²) in [5.41, 5.74) is 1.60. The van der Waals surface area contributed by atoms with Crippen molar-refractivity contribution in [1.82, 2.24) is 9.88 Å². The third kappa shape index (κ3) is 9.58. The van der Waals surface area contributed by atoms with Crippen molar-refractivity contribution in [3.8, 4) is 5.75 Å². The van der Waals surface area contributed by atoms with Crippen molar-refractivity contribution in [2.45, 2.75) is 0 Å². The second kappa shape index (κ2) is 14.6. The lowest BCUT2D eigenvalue weighted by atomic mass is 10.1. The van der Waals surface area contributed by atoms with Crippen molar-refractivity contribution in [2.24, 2.45) is 0 Å². The minimum Gasteiger partial charge on any atom is -0.497 e. The summed E-state index contributed by atoms with van der Waals surface area (Å²) in [5.74, 6) is -2.26. The zero-order chi connectivity index (χ0) is 29.8. The van der Waals surface area contributed by atoms with Gasteiger partial charge < -0.3 is 30.5 Å². The van der Waals surface area contributed by atoms with Crippen molar-refractivity contribution < 1.29 is 34.1 Å². The molecule has 2 amide bonds. The maximum absolute atomic E-state index is 12.9. The first-order valence-electron chi connectivity index (χ1n) is 11.3. The van der Waals surface area contributed by atoms with Gasteiger partial charge in [0.15, 0.2) is 0 Å². The smallest absolute Gasteiger partial charge is 0.328 e. The number of benzene rings is 2. The Morgan fingerprint density at radius 2 is 1.50 bits per heavy atom. The van der Waals surface area contributed by atoms with E-state index < -0.39 is 23.8 Å². The van der Waals surface area contributed by atoms with Gasteiger partial charge in [0.25, 0.3) is 11.8 Å². The number of aromatic nitrogens is 1. The molecule has 0 spiro atoms. The number of carboxylic acid groups (broad SMARTS) is 2. The van der Waals surface area contributed by atoms with E-state index in [9.17, 15) is 19.2 Å². The molecule has 0 saturated carbocycles. The summed E-state index contributed by atoms with van der Waals surface area (Å²) >= 11 is 5.83. The summed E-state index contributed by atoms with van der Waals surface area (Å²) in [6.07, 6.45) is 2.54. The summed E-state index contributed by atoms with van der Waals surface area (Å²) < 4.78 is 5.22. The average Bonchev–Trinajstić information content (AvgIpc) is 2.93. The van der Waals surface area contributed by atoms with Crippen molar-refractivity contribution in [1.29, 1.82) is 5.41 Å². The van der Waals surface area contributed by atoms with Gasteiger partial charge in [0.1, 0.15) is 17.4 Å². The number of rotatable bonds is 8. The molecule has 0 fully saturated rings. The number of pyridine rings is 1. The van der Waals surface area contributed by atoms with Crippen LogP contribution in [0.1, 0.15) is 26.3 Å². The van der Waals surface area contributed by atoms with Crippen LogP contribution in [-0.2, 0) is 9.59 Å². The zero-order valence-corrected chi connectivity index (χ0v) is 22.4. The number of carbonyl (C=O) groups is 4. The van der Waals surface area contributed by atoms with Crippen LogP contribution >= 0.6 is 11.6 Å². The molecule has 40 heavy (non-hydrogen) atoms. The summed E-state index contributed by atoms with van der Waals surface area (Å²) in [7, 11) is 5.04. The van der Waals surface area contributed by atoms with Crippen LogP contribution in [0.3, 0.4) is 0 Å². The van der Waals surface area contributed by atoms with E-state index in [-0.39, 0.29) is 5.56 Å². The number of ether oxygens (including phenoxy) is 1. The molecule has 0 saturated heterocycles. The van der Waals surface area contributed by atoms with Crippen LogP contribution in [0, 0.1) is 5.41 Å². The van der Waals surface area contributed by atoms with Gasteiger partial charge in [-0.1, -0.05) is 23.7 Å². The number of aliphatic carboxylic acids is 2. The van der Waals surface area contributed by atoms with E-state index in [2.05, 4.69) is 15.6 Å². The van der Waals surface area contributed by atoms with Gasteiger partial charge in [0.05, 0.1) is 23.4 Å². The molecule has 0 unspecified atom stereocenters. The van der Waals surface area contributed by atoms with Crippen LogP contribution in [0.15, 0.2) is 72.9 Å². The minimum absolute atomic E-state index is 0.209. The van der Waals surface area contributed by atoms with Crippen molar-refractivity contribution in [3.63, 3.8) is 0 Å². The number of methoxy groups -OCH3 is 1. The van der Waals surface area contributed by atoms with Crippen LogP contribution in [0.5, 0.6) is 5.75 Å². The highest BCUT2D eigenvalue weighted by Crippen LogP contribution is 2.24. The predicted octanol–water partition coefficient (Wildman–Crippen LogP) is 3.85. The van der Waals surface area contributed by atoms with Gasteiger partial charge in [-0.15, -0.1) is 0 Å². The van der Waals surface area contributed by atoms with Crippen molar-refractivity contribution in [3.05, 3.63) is 94.7 Å². The van der Waals surface area contributed by atoms with Gasteiger partial charge in [-0.25, -0.2) is 14.6 Å². The van der Waals surface area contributed by atoms with Crippen molar-refractivity contribution in [2.75, 3.05) is 31.8 Å². The number of hydrogen-bond acceptors (Lipinski definition) is 7. The normalized spacial score (nSPS) is 10.1. The average molecular weight is 568 g/mol. The molecule has 0 aliphatic rings. The third-order valence-corrected chi connectivity index (χ3v) is 5.15. The first-order chi connectivity index (χ1) is 18.9. The van der Waals surface area contributed by atoms with E-state index in [1.54, 1.807) is 67.5 Å². The molecular weight excluding hydrogens is 542 g/mol. The molecule has 208 valence electrons. The lowest BCUT2D eigenvalue weighted by Crippen LogP contribution is -2.22. The Kier molecular flexibility index (Phi) is 11.3. The van der Waals surface area contributed by atoms with E-state index >= 15 is 0 Å². The van der Waals surface area contributed by atoms with Gasteiger partial charge in [0, 0.05) is 43.6 Å². The Hall–Kier alpha value is -5.23. The van der Waals surface area contributed by atoms with Gasteiger partial charge in [-0.05, 0) is 42.5 Å². The predicted molar refractivity (Wildman–Crippen MR) is 150 cm³/mol. The first kappa shape index (κ1) is 31.0. The number of carbonyl (C=O) groups excluding carboxylic acids is 2. The number of carboxylic acids is 2. The van der Waals surface area contributed by atoms with Crippen LogP contribution in [0.2, 0.25) is 5.02 Å². The summed E-state index contributed by atoms with van der Waals surface area (Å²) in [6, 6.07) is 14.6. The van der Waals surface area contributed by atoms with E-state index in [0.717, 1.165) is 0 Å². The van der Waals surface area contributed by atoms with Crippen LogP contribution in [-0.4, -0.2) is 70.9 Å². The van der Waals surface area contributed by atoms with E-state index in [4.69, 9.17) is 32.0 Å². The minimum atomic E-state index is -1.26. The van der Waals surface area contributed by atoms with Gasteiger partial charge >= 0.3 is 11.9 Å². The lowest BCUT2D eigenvalue weighted by Gasteiger charge is -2.15. The number of nitrogens with one attached hydrogen (secondary N) is 3. The molecule has 5 N–H and O–H groups in total. The lowest BCUT2D eigenvalue weighted by molar-refractivity contribution is -0.134. The Morgan fingerprint density at radius 1 is 0.900 bits per heavy atom. The van der Waals surface area contributed by atoms with E-state index in [0.29, 0.717) is 51.4 Å². The molecule has 0 atom stereocenters. The monoisotopic (exact) mass is 567 g/mol. The molecule has 1 aromatic heterocycles. The number of hydrogen-bond donors (Lipinski definition) is 5. The number of anilines is 2. The number of nitrogens with zero attached hydrogens (tertiary/aromatic N) is 2. The maximum atomic E-state index is 12.9. The molecule has 3 aromatic rings. The standard InChI is InChI=1S/C23H22ClN5O3.C4H4O4/c1-29(2)21(25)14-4-6-15(7-5-14)22(30)27-19-10-9-17(32-3)12-18(19)23(31)28-20-11-8-16(24)13-26-20;5-3(6)1-2-4(7)8/h4-13,25H,1-3H3,(H,27,30)(H,26,28,31);1-2H,(H,5,6)(H,7,8)/b;2-1-. The molecule has 0 aliphatic heterocycles. The summed E-state index contributed by atoms with van der Waals surface area (Å²) in [5, 5.41) is 29.5. The zero-order valence-electron chi connectivity index (χ0n) is 21.6. The quantitative estimate of drug-likeness (QED) is 0.153. The highest BCUT2D eigenvalue weighted by atomic mass is 35.5. The number of amides is 2. The number of amidine groups is 1. The molecule has 0 aliphatic carbocycles. The van der Waals surface area contributed by atoms with Gasteiger partial charge in [-0.3, -0.25) is 15.0 Å². The Bertz CT molecular complexity index is 1410. The van der Waals surface area contributed by atoms with E-state index in [1.807, 2.05) is 0 Å². The second-order valence-corrected chi connectivity index (χ2v) is 8.45. The molecule has 0 bridgehead atoms. The summed E-state index contributed by atoms with van der Waals surface area (Å²) in [4.78, 5) is 50.5. The van der Waals surface area contributed by atoms with Crippen LogP contribution in [0.4, 0.5) is 11.5 Å². The van der Waals surface area contributed by atoms with E-state index in [1.165, 1.54) is 19.4 Å². The molecule has 0 radical (unpaired) electrons. The maximum Gasteiger partial charge on any atom is 0.328 e. The Balaban J connectivity index is 0.000000611. The molecule has 1 heterocycles. The SMILES string of the molecule is COc1ccc(NC(=O)c2ccc(C(=N)N(C)C)cc2)c(C(=O)Nc2ccc(Cl)cn2)c1.O=C(O)/C=C\C(=O)O. The molecular formula is C27H26ClN5O7.